The van der Waals surface area contributed by atoms with Gasteiger partial charge in [-0.3, -0.25) is 0 Å². The number of ether oxygens (including phenoxy) is 1. The average Bonchev–Trinajstić information content (AvgIpc) is 2.61. The molecule has 0 aliphatic carbocycles. The van der Waals surface area contributed by atoms with Crippen LogP contribution in [0.1, 0.15) is 39.3 Å². The Hall–Kier alpha value is -2.17. The second-order valence-corrected chi connectivity index (χ2v) is 9.40. The fourth-order valence-corrected chi connectivity index (χ4v) is 3.41. The van der Waals surface area contributed by atoms with Gasteiger partial charge in [0.05, 0.1) is 15.7 Å². The quantitative estimate of drug-likeness (QED) is 0.624. The van der Waals surface area contributed by atoms with E-state index in [1.807, 2.05) is 76.2 Å². The van der Waals surface area contributed by atoms with Crippen LogP contribution in [0, 0.1) is 0 Å². The lowest BCUT2D eigenvalue weighted by atomic mass is 10.1. The molecule has 0 saturated heterocycles. The van der Waals surface area contributed by atoms with E-state index in [-0.39, 0.29) is 10.8 Å². The Balaban J connectivity index is 1.69. The molecule has 3 rings (SSSR count). The van der Waals surface area contributed by atoms with E-state index in [1.165, 1.54) is 5.39 Å². The first-order valence-electron chi connectivity index (χ1n) is 8.77. The molecule has 1 N–H and O–H groups in total. The molecule has 0 heterocycles. The minimum absolute atomic E-state index is 0.00442. The number of rotatable bonds is 5. The third-order valence-electron chi connectivity index (χ3n) is 4.18. The van der Waals surface area contributed by atoms with Gasteiger partial charge in [0.2, 0.25) is 0 Å². The van der Waals surface area contributed by atoms with E-state index in [1.54, 1.807) is 0 Å². The van der Waals surface area contributed by atoms with Crippen LogP contribution in [0.15, 0.2) is 66.7 Å². The summed E-state index contributed by atoms with van der Waals surface area (Å²) in [6.45, 7) is 7.90. The summed E-state index contributed by atoms with van der Waals surface area (Å²) < 4.78 is 21.1. The van der Waals surface area contributed by atoms with Gasteiger partial charge in [0.15, 0.2) is 0 Å². The molecule has 0 amide bonds. The third kappa shape index (κ3) is 4.51. The van der Waals surface area contributed by atoms with Gasteiger partial charge in [0.1, 0.15) is 11.5 Å². The Morgan fingerprint density at radius 3 is 2.15 bits per heavy atom. The molecular weight excluding hydrogens is 342 g/mol. The predicted octanol–water partition coefficient (Wildman–Crippen LogP) is 5.74. The molecule has 0 bridgehead atoms. The molecule has 0 aliphatic heterocycles. The Bertz CT molecular complexity index is 913. The molecule has 0 fully saturated rings. The van der Waals surface area contributed by atoms with Gasteiger partial charge in [-0.25, -0.2) is 8.93 Å². The van der Waals surface area contributed by atoms with Crippen molar-refractivity contribution >= 4 is 21.8 Å². The Morgan fingerprint density at radius 1 is 0.885 bits per heavy atom. The van der Waals surface area contributed by atoms with Crippen molar-refractivity contribution in [3.05, 3.63) is 72.3 Å². The van der Waals surface area contributed by atoms with Gasteiger partial charge in [-0.1, -0.05) is 42.5 Å². The van der Waals surface area contributed by atoms with Gasteiger partial charge < -0.3 is 4.74 Å². The molecule has 136 valence electrons. The molecular formula is C22H25NO2S. The lowest BCUT2D eigenvalue weighted by Gasteiger charge is -2.22. The van der Waals surface area contributed by atoms with Crippen molar-refractivity contribution in [2.45, 2.75) is 38.5 Å². The van der Waals surface area contributed by atoms with Crippen molar-refractivity contribution in [2.75, 3.05) is 0 Å². The molecule has 0 spiro atoms. The van der Waals surface area contributed by atoms with Crippen LogP contribution < -0.4 is 9.46 Å². The number of hydrogen-bond donors (Lipinski definition) is 1. The van der Waals surface area contributed by atoms with Gasteiger partial charge in [-0.05, 0) is 68.3 Å². The highest BCUT2D eigenvalue weighted by Crippen LogP contribution is 2.27. The van der Waals surface area contributed by atoms with Gasteiger partial charge in [0, 0.05) is 6.04 Å². The smallest absolute Gasteiger partial charge is 0.128 e. The monoisotopic (exact) mass is 367 g/mol. The number of benzene rings is 3. The fourth-order valence-electron chi connectivity index (χ4n) is 2.60. The van der Waals surface area contributed by atoms with E-state index in [0.717, 1.165) is 22.4 Å². The van der Waals surface area contributed by atoms with Gasteiger partial charge in [-0.2, -0.15) is 0 Å². The van der Waals surface area contributed by atoms with E-state index < -0.39 is 11.0 Å². The van der Waals surface area contributed by atoms with Crippen molar-refractivity contribution in [1.29, 1.82) is 0 Å². The normalized spacial score (nSPS) is 14.2. The molecule has 3 aromatic carbocycles. The van der Waals surface area contributed by atoms with Crippen LogP contribution in [-0.2, 0) is 11.0 Å². The average molecular weight is 368 g/mol. The molecule has 3 nitrogen and oxygen atoms in total. The zero-order chi connectivity index (χ0) is 18.7. The Kier molecular flexibility index (Phi) is 5.44. The second-order valence-electron chi connectivity index (χ2n) is 7.40. The second kappa shape index (κ2) is 7.60. The summed E-state index contributed by atoms with van der Waals surface area (Å²) in [6, 6.07) is 22.2. The summed E-state index contributed by atoms with van der Waals surface area (Å²) in [5, 5.41) is 2.35. The minimum atomic E-state index is -1.10. The van der Waals surface area contributed by atoms with E-state index in [2.05, 4.69) is 22.9 Å². The van der Waals surface area contributed by atoms with Crippen molar-refractivity contribution in [3.63, 3.8) is 0 Å². The van der Waals surface area contributed by atoms with Crippen molar-refractivity contribution in [2.24, 2.45) is 0 Å². The number of hydrogen-bond acceptors (Lipinski definition) is 2. The fraction of sp³-hybridized carbons (Fsp3) is 0.273. The Morgan fingerprint density at radius 2 is 1.50 bits per heavy atom. The van der Waals surface area contributed by atoms with Crippen molar-refractivity contribution < 1.29 is 8.95 Å². The summed E-state index contributed by atoms with van der Waals surface area (Å²) >= 11 is 0. The first-order valence-corrected chi connectivity index (χ1v) is 9.92. The highest BCUT2D eigenvalue weighted by Gasteiger charge is 2.21. The molecule has 0 aliphatic rings. The van der Waals surface area contributed by atoms with Crippen LogP contribution in [0.5, 0.6) is 11.5 Å². The number of nitrogens with one attached hydrogen (secondary N) is 1. The predicted molar refractivity (Wildman–Crippen MR) is 110 cm³/mol. The zero-order valence-corrected chi connectivity index (χ0v) is 16.5. The van der Waals surface area contributed by atoms with Crippen LogP contribution in [0.2, 0.25) is 0 Å². The summed E-state index contributed by atoms with van der Waals surface area (Å²) in [7, 11) is -1.10. The number of fused-ring (bicyclic) bond motifs is 1. The van der Waals surface area contributed by atoms with Crippen LogP contribution in [0.25, 0.3) is 10.8 Å². The molecule has 0 saturated carbocycles. The molecule has 2 unspecified atom stereocenters. The molecule has 2 atom stereocenters. The lowest BCUT2D eigenvalue weighted by Crippen LogP contribution is -2.34. The molecule has 3 aromatic rings. The van der Waals surface area contributed by atoms with Gasteiger partial charge >= 0.3 is 0 Å². The highest BCUT2D eigenvalue weighted by molar-refractivity contribution is 7.84. The van der Waals surface area contributed by atoms with E-state index in [0.29, 0.717) is 0 Å². The minimum Gasteiger partial charge on any atom is -0.457 e. The molecule has 26 heavy (non-hydrogen) atoms. The molecule has 0 radical (unpaired) electrons. The SMILES string of the molecule is CC(NS(=O)C(C)(C)C)c1ccc(Oc2ccc3ccccc3c2)cc1. The van der Waals surface area contributed by atoms with E-state index in [9.17, 15) is 4.21 Å². The van der Waals surface area contributed by atoms with Gasteiger partial charge in [0.25, 0.3) is 0 Å². The topological polar surface area (TPSA) is 38.3 Å². The first kappa shape index (κ1) is 18.6. The first-order chi connectivity index (χ1) is 12.3. The zero-order valence-electron chi connectivity index (χ0n) is 15.7. The maximum Gasteiger partial charge on any atom is 0.128 e. The maximum atomic E-state index is 12.2. The Labute approximate surface area is 158 Å². The van der Waals surface area contributed by atoms with Crippen molar-refractivity contribution in [3.8, 4) is 11.5 Å². The van der Waals surface area contributed by atoms with Gasteiger partial charge in [-0.15, -0.1) is 0 Å². The van der Waals surface area contributed by atoms with Crippen LogP contribution >= 0.6 is 0 Å². The lowest BCUT2D eigenvalue weighted by molar-refractivity contribution is 0.483. The standard InChI is InChI=1S/C22H25NO2S/c1-16(23-26(24)22(2,3)4)17-9-12-20(13-10-17)25-21-14-11-18-7-5-6-8-19(18)15-21/h5-16,23H,1-4H3. The summed E-state index contributed by atoms with van der Waals surface area (Å²) in [5.41, 5.74) is 1.08. The highest BCUT2D eigenvalue weighted by atomic mass is 32.2. The van der Waals surface area contributed by atoms with Crippen molar-refractivity contribution in [1.82, 2.24) is 4.72 Å². The van der Waals surface area contributed by atoms with E-state index in [4.69, 9.17) is 4.74 Å². The largest absolute Gasteiger partial charge is 0.457 e. The van der Waals surface area contributed by atoms with Crippen LogP contribution in [0.4, 0.5) is 0 Å². The molecule has 0 aromatic heterocycles. The summed E-state index contributed by atoms with van der Waals surface area (Å²) in [6.07, 6.45) is 0. The van der Waals surface area contributed by atoms with E-state index >= 15 is 0 Å². The summed E-state index contributed by atoms with van der Waals surface area (Å²) in [5.74, 6) is 1.60. The maximum absolute atomic E-state index is 12.2. The molecule has 4 heteroatoms. The third-order valence-corrected chi connectivity index (χ3v) is 5.86. The van der Waals surface area contributed by atoms with Crippen LogP contribution in [-0.4, -0.2) is 8.96 Å². The summed E-state index contributed by atoms with van der Waals surface area (Å²) in [4.78, 5) is 0. The van der Waals surface area contributed by atoms with Crippen LogP contribution in [0.3, 0.4) is 0 Å².